The number of hydrogen-bond acceptors (Lipinski definition) is 4. The Morgan fingerprint density at radius 2 is 0.864 bits per heavy atom. The van der Waals surface area contributed by atoms with Crippen molar-refractivity contribution < 1.29 is 18.8 Å². The van der Waals surface area contributed by atoms with E-state index < -0.39 is 18.3 Å². The highest BCUT2D eigenvalue weighted by atomic mass is 16.7. The molecule has 9 aromatic carbocycles. The van der Waals surface area contributed by atoms with Crippen LogP contribution in [0.25, 0.3) is 87.6 Å². The number of benzene rings is 9. The molecule has 1 aliphatic rings. The lowest BCUT2D eigenvalue weighted by Gasteiger charge is -2.32. The number of hydrogen-bond donors (Lipinski definition) is 0. The summed E-state index contributed by atoms with van der Waals surface area (Å²) in [5.41, 5.74) is 8.55. The molecule has 9 aromatic rings. The molecular formula is C54H45BO4. The number of ether oxygens (including phenoxy) is 2. The maximum absolute atomic E-state index is 7.20. The fourth-order valence-electron chi connectivity index (χ4n) is 9.10. The molecule has 0 saturated carbocycles. The van der Waals surface area contributed by atoms with Crippen molar-refractivity contribution in [3.8, 4) is 56.0 Å². The average molecular weight is 769 g/mol. The first-order valence-electron chi connectivity index (χ1n) is 20.3. The van der Waals surface area contributed by atoms with E-state index in [4.69, 9.17) is 18.8 Å². The smallest absolute Gasteiger partial charge is 0.496 e. The zero-order chi connectivity index (χ0) is 40.5. The summed E-state index contributed by atoms with van der Waals surface area (Å²) in [6.07, 6.45) is 0. The topological polar surface area (TPSA) is 36.9 Å². The zero-order valence-corrected chi connectivity index (χ0v) is 34.3. The van der Waals surface area contributed by atoms with Crippen LogP contribution < -0.4 is 14.9 Å². The number of methoxy groups -OCH3 is 2. The van der Waals surface area contributed by atoms with Crippen molar-refractivity contribution in [3.05, 3.63) is 164 Å². The molecule has 0 atom stereocenters. The lowest BCUT2D eigenvalue weighted by Crippen LogP contribution is -2.41. The van der Waals surface area contributed by atoms with Gasteiger partial charge in [0.15, 0.2) is 0 Å². The first-order valence-corrected chi connectivity index (χ1v) is 20.3. The SMILES string of the molecule is COc1ccc(-c2c(B3OC(C)(C)C(C)(C)O3)c(-c3cccc(-c4cccc5ccccc45)c3)c(-c3ccc(OC)cc3)c3c4ccccc4c4ccccc4c23)cc1. The molecule has 288 valence electrons. The minimum absolute atomic E-state index is 0.600. The van der Waals surface area contributed by atoms with E-state index in [1.165, 1.54) is 37.9 Å². The van der Waals surface area contributed by atoms with Crippen LogP contribution in [0.15, 0.2) is 164 Å². The van der Waals surface area contributed by atoms with Crippen LogP contribution in [-0.4, -0.2) is 32.5 Å². The molecule has 0 amide bonds. The van der Waals surface area contributed by atoms with E-state index >= 15 is 0 Å². The fourth-order valence-corrected chi connectivity index (χ4v) is 9.10. The van der Waals surface area contributed by atoms with Crippen LogP contribution in [0, 0.1) is 0 Å². The molecule has 59 heavy (non-hydrogen) atoms. The summed E-state index contributed by atoms with van der Waals surface area (Å²) in [7, 11) is 2.72. The third kappa shape index (κ3) is 5.99. The van der Waals surface area contributed by atoms with E-state index in [-0.39, 0.29) is 0 Å². The molecule has 0 unspecified atom stereocenters. The molecule has 10 rings (SSSR count). The second-order valence-electron chi connectivity index (χ2n) is 16.5. The maximum Gasteiger partial charge on any atom is 0.496 e. The van der Waals surface area contributed by atoms with E-state index in [1.807, 2.05) is 0 Å². The van der Waals surface area contributed by atoms with Gasteiger partial charge in [-0.25, -0.2) is 0 Å². The van der Waals surface area contributed by atoms with Crippen LogP contribution >= 0.6 is 0 Å². The third-order valence-electron chi connectivity index (χ3n) is 12.7. The minimum Gasteiger partial charge on any atom is -0.497 e. The average Bonchev–Trinajstić information content (AvgIpc) is 3.50. The first kappa shape index (κ1) is 36.9. The molecule has 0 aliphatic carbocycles. The van der Waals surface area contributed by atoms with Crippen molar-refractivity contribution in [1.82, 2.24) is 0 Å². The number of fused-ring (bicyclic) bond motifs is 7. The van der Waals surface area contributed by atoms with E-state index in [0.29, 0.717) is 0 Å². The van der Waals surface area contributed by atoms with Crippen LogP contribution in [0.1, 0.15) is 27.7 Å². The summed E-state index contributed by atoms with van der Waals surface area (Å²) < 4.78 is 25.9. The van der Waals surface area contributed by atoms with E-state index in [9.17, 15) is 0 Å². The molecular weight excluding hydrogens is 723 g/mol. The van der Waals surface area contributed by atoms with Crippen LogP contribution in [0.5, 0.6) is 11.5 Å². The van der Waals surface area contributed by atoms with E-state index in [1.54, 1.807) is 14.2 Å². The first-order chi connectivity index (χ1) is 28.7. The second kappa shape index (κ2) is 14.2. The molecule has 0 radical (unpaired) electrons. The molecule has 0 aromatic heterocycles. The van der Waals surface area contributed by atoms with Crippen LogP contribution in [0.3, 0.4) is 0 Å². The summed E-state index contributed by atoms with van der Waals surface area (Å²) in [5, 5.41) is 9.46. The van der Waals surface area contributed by atoms with Gasteiger partial charge in [0.05, 0.1) is 25.4 Å². The van der Waals surface area contributed by atoms with Gasteiger partial charge in [0.2, 0.25) is 0 Å². The van der Waals surface area contributed by atoms with E-state index in [0.717, 1.165) is 66.7 Å². The van der Waals surface area contributed by atoms with Crippen molar-refractivity contribution in [3.63, 3.8) is 0 Å². The molecule has 1 aliphatic heterocycles. The summed E-state index contributed by atoms with van der Waals surface area (Å²) in [5.74, 6) is 1.59. The summed E-state index contributed by atoms with van der Waals surface area (Å²) in [6.45, 7) is 8.54. The van der Waals surface area contributed by atoms with Gasteiger partial charge >= 0.3 is 7.12 Å². The van der Waals surface area contributed by atoms with Crippen LogP contribution in [-0.2, 0) is 9.31 Å². The molecule has 1 fully saturated rings. The van der Waals surface area contributed by atoms with Crippen molar-refractivity contribution in [1.29, 1.82) is 0 Å². The Labute approximate surface area is 346 Å². The van der Waals surface area contributed by atoms with Gasteiger partial charge in [0.25, 0.3) is 0 Å². The van der Waals surface area contributed by atoms with Crippen LogP contribution in [0.2, 0.25) is 0 Å². The lowest BCUT2D eigenvalue weighted by molar-refractivity contribution is 0.00578. The summed E-state index contributed by atoms with van der Waals surface area (Å²) in [4.78, 5) is 0. The third-order valence-corrected chi connectivity index (χ3v) is 12.7. The van der Waals surface area contributed by atoms with Crippen molar-refractivity contribution in [2.75, 3.05) is 14.2 Å². The molecule has 0 N–H and O–H groups in total. The van der Waals surface area contributed by atoms with Gasteiger partial charge in [-0.15, -0.1) is 0 Å². The molecule has 0 spiro atoms. The van der Waals surface area contributed by atoms with Gasteiger partial charge in [0.1, 0.15) is 11.5 Å². The summed E-state index contributed by atoms with van der Waals surface area (Å²) >= 11 is 0. The van der Waals surface area contributed by atoms with Crippen molar-refractivity contribution in [2.45, 2.75) is 38.9 Å². The molecule has 5 heteroatoms. The highest BCUT2D eigenvalue weighted by molar-refractivity contribution is 6.67. The number of rotatable bonds is 7. The Morgan fingerprint density at radius 1 is 0.407 bits per heavy atom. The quantitative estimate of drug-likeness (QED) is 0.120. The molecule has 1 saturated heterocycles. The molecule has 0 bridgehead atoms. The Hall–Kier alpha value is -6.40. The van der Waals surface area contributed by atoms with Gasteiger partial charge in [-0.2, -0.15) is 0 Å². The Kier molecular flexibility index (Phi) is 8.86. The predicted octanol–water partition coefficient (Wildman–Crippen LogP) is 13.3. The Morgan fingerprint density at radius 3 is 1.44 bits per heavy atom. The van der Waals surface area contributed by atoms with Gasteiger partial charge in [-0.05, 0) is 151 Å². The largest absolute Gasteiger partial charge is 0.497 e. The van der Waals surface area contributed by atoms with Gasteiger partial charge < -0.3 is 18.8 Å². The van der Waals surface area contributed by atoms with Gasteiger partial charge in [-0.3, -0.25) is 0 Å². The summed E-state index contributed by atoms with van der Waals surface area (Å²) in [6, 6.07) is 58.8. The zero-order valence-electron chi connectivity index (χ0n) is 34.3. The molecule has 1 heterocycles. The van der Waals surface area contributed by atoms with Gasteiger partial charge in [0, 0.05) is 0 Å². The van der Waals surface area contributed by atoms with Crippen LogP contribution in [0.4, 0.5) is 0 Å². The van der Waals surface area contributed by atoms with E-state index in [2.05, 4.69) is 191 Å². The Balaban J connectivity index is 1.46. The standard InChI is InChI=1S/C54H45BO4/c1-53(2)54(3,4)59-55(58-53)52-48(36-27-31-40(57-6)32-28-36)51-46-23-12-10-21-44(46)43-20-9-11-22-45(43)50(51)47(35-25-29-39(56-5)30-26-35)49(52)38-18-13-17-37(33-38)42-24-14-16-34-15-7-8-19-41(34)42/h7-33H,1-6H3. The highest BCUT2D eigenvalue weighted by Crippen LogP contribution is 2.50. The molecule has 4 nitrogen and oxygen atoms in total. The fraction of sp³-hybridized carbons (Fsp3) is 0.148. The Bertz CT molecular complexity index is 3050. The van der Waals surface area contributed by atoms with Crippen molar-refractivity contribution >= 4 is 55.7 Å². The second-order valence-corrected chi connectivity index (χ2v) is 16.5. The normalized spacial score (nSPS) is 14.7. The monoisotopic (exact) mass is 768 g/mol. The highest BCUT2D eigenvalue weighted by Gasteiger charge is 2.53. The maximum atomic E-state index is 7.20. The van der Waals surface area contributed by atoms with Gasteiger partial charge in [-0.1, -0.05) is 133 Å². The predicted molar refractivity (Wildman–Crippen MR) is 247 cm³/mol. The van der Waals surface area contributed by atoms with Crippen molar-refractivity contribution in [2.24, 2.45) is 0 Å². The lowest BCUT2D eigenvalue weighted by atomic mass is 9.65. The minimum atomic E-state index is -0.708.